The van der Waals surface area contributed by atoms with Gasteiger partial charge in [-0.15, -0.1) is 0 Å². The van der Waals surface area contributed by atoms with E-state index in [9.17, 15) is 9.59 Å². The first-order chi connectivity index (χ1) is 14.1. The molecule has 0 aliphatic heterocycles. The predicted molar refractivity (Wildman–Crippen MR) is 103 cm³/mol. The van der Waals surface area contributed by atoms with Crippen LogP contribution in [0.2, 0.25) is 0 Å². The molecule has 0 bridgehead atoms. The average molecular weight is 404 g/mol. The maximum atomic E-state index is 12.6. The van der Waals surface area contributed by atoms with Crippen molar-refractivity contribution in [1.29, 1.82) is 0 Å². The van der Waals surface area contributed by atoms with Gasteiger partial charge in [0.05, 0.1) is 24.4 Å². The van der Waals surface area contributed by atoms with Crippen LogP contribution < -0.4 is 10.6 Å². The van der Waals surface area contributed by atoms with Crippen LogP contribution in [0, 0.1) is 12.8 Å². The number of aromatic amines is 1. The number of nitrogens with zero attached hydrogens (tertiary/aromatic N) is 5. The van der Waals surface area contributed by atoms with Gasteiger partial charge >= 0.3 is 0 Å². The molecule has 0 saturated heterocycles. The Labute approximate surface area is 169 Å². The van der Waals surface area contributed by atoms with E-state index < -0.39 is 0 Å². The van der Waals surface area contributed by atoms with Crippen LogP contribution in [0.25, 0.3) is 0 Å². The molecular formula is C18H28N8O3. The maximum Gasteiger partial charge on any atom is 0.274 e. The minimum absolute atomic E-state index is 0.00679. The summed E-state index contributed by atoms with van der Waals surface area (Å²) in [4.78, 5) is 29.0. The van der Waals surface area contributed by atoms with E-state index in [0.29, 0.717) is 44.7 Å². The van der Waals surface area contributed by atoms with E-state index in [1.807, 2.05) is 6.92 Å². The topological polar surface area (TPSA) is 140 Å². The van der Waals surface area contributed by atoms with Crippen molar-refractivity contribution in [1.82, 2.24) is 40.8 Å². The van der Waals surface area contributed by atoms with Gasteiger partial charge in [0.25, 0.3) is 5.91 Å². The number of H-pyrrole nitrogens is 1. The fraction of sp³-hybridized carbons (Fsp3) is 0.667. The van der Waals surface area contributed by atoms with E-state index in [0.717, 1.165) is 6.42 Å². The summed E-state index contributed by atoms with van der Waals surface area (Å²) in [7, 11) is 0. The van der Waals surface area contributed by atoms with E-state index in [4.69, 9.17) is 4.74 Å². The first kappa shape index (κ1) is 20.9. The van der Waals surface area contributed by atoms with Crippen LogP contribution in [0.15, 0.2) is 12.7 Å². The van der Waals surface area contributed by atoms with Gasteiger partial charge in [-0.25, -0.2) is 4.98 Å². The Morgan fingerprint density at radius 2 is 2.21 bits per heavy atom. The van der Waals surface area contributed by atoms with Crippen molar-refractivity contribution in [2.45, 2.75) is 58.2 Å². The van der Waals surface area contributed by atoms with Crippen molar-refractivity contribution in [2.24, 2.45) is 5.92 Å². The number of hydrogen-bond acceptors (Lipinski definition) is 7. The Bertz CT molecular complexity index is 791. The van der Waals surface area contributed by atoms with Crippen LogP contribution in [0.3, 0.4) is 0 Å². The van der Waals surface area contributed by atoms with Gasteiger partial charge in [0.15, 0.2) is 5.69 Å². The molecule has 3 rings (SSSR count). The number of ether oxygens (including phenoxy) is 1. The second-order valence-corrected chi connectivity index (χ2v) is 7.21. The normalized spacial score (nSPS) is 21.7. The quantitative estimate of drug-likeness (QED) is 0.543. The molecule has 0 aromatic carbocycles. The van der Waals surface area contributed by atoms with Crippen LogP contribution in [0.5, 0.6) is 0 Å². The third kappa shape index (κ3) is 5.59. The standard InChI is InChI=1S/C18H28N8O3/c1-3-8-29-15-9-13(17(27)20-6-7-26-11-19-10-21-26)4-5-14(15)22-18(28)16-12(2)23-25-24-16/h10-11,13-15H,3-9H2,1-2H3,(H,20,27)(H,22,28)(H,23,24,25)/t13-,14-,15-/m0/s1. The maximum absolute atomic E-state index is 12.6. The molecule has 3 N–H and O–H groups in total. The number of rotatable bonds is 9. The van der Waals surface area contributed by atoms with Crippen LogP contribution in [-0.4, -0.2) is 67.3 Å². The first-order valence-corrected chi connectivity index (χ1v) is 9.98. The third-order valence-corrected chi connectivity index (χ3v) is 5.06. The molecule has 0 radical (unpaired) electrons. The Morgan fingerprint density at radius 3 is 2.90 bits per heavy atom. The van der Waals surface area contributed by atoms with Gasteiger partial charge in [-0.05, 0) is 32.6 Å². The molecule has 1 aliphatic rings. The summed E-state index contributed by atoms with van der Waals surface area (Å²) in [6, 6.07) is -0.163. The Morgan fingerprint density at radius 1 is 1.34 bits per heavy atom. The number of carbonyl (C=O) groups is 2. The van der Waals surface area contributed by atoms with Crippen molar-refractivity contribution in [3.63, 3.8) is 0 Å². The second-order valence-electron chi connectivity index (χ2n) is 7.21. The highest BCUT2D eigenvalue weighted by molar-refractivity contribution is 5.93. The molecule has 2 aromatic rings. The molecule has 11 nitrogen and oxygen atoms in total. The van der Waals surface area contributed by atoms with E-state index in [2.05, 4.69) is 36.1 Å². The van der Waals surface area contributed by atoms with Crippen molar-refractivity contribution in [2.75, 3.05) is 13.2 Å². The minimum atomic E-state index is -0.276. The largest absolute Gasteiger partial charge is 0.376 e. The molecule has 2 amide bonds. The van der Waals surface area contributed by atoms with E-state index in [1.54, 1.807) is 17.9 Å². The number of hydrogen-bond donors (Lipinski definition) is 3. The van der Waals surface area contributed by atoms with Gasteiger partial charge in [-0.3, -0.25) is 14.3 Å². The van der Waals surface area contributed by atoms with E-state index >= 15 is 0 Å². The van der Waals surface area contributed by atoms with Gasteiger partial charge in [0.2, 0.25) is 5.91 Å². The summed E-state index contributed by atoms with van der Waals surface area (Å²) in [5.41, 5.74) is 0.834. The third-order valence-electron chi connectivity index (χ3n) is 5.06. The Kier molecular flexibility index (Phi) is 7.28. The lowest BCUT2D eigenvalue weighted by Crippen LogP contribution is -2.50. The lowest BCUT2D eigenvalue weighted by atomic mass is 9.83. The summed E-state index contributed by atoms with van der Waals surface area (Å²) in [6.07, 6.45) is 5.65. The fourth-order valence-corrected chi connectivity index (χ4v) is 3.51. The molecule has 29 heavy (non-hydrogen) atoms. The van der Waals surface area contributed by atoms with Gasteiger partial charge < -0.3 is 15.4 Å². The molecule has 158 valence electrons. The monoisotopic (exact) mass is 404 g/mol. The van der Waals surface area contributed by atoms with Crippen LogP contribution in [0.1, 0.15) is 48.8 Å². The summed E-state index contributed by atoms with van der Waals surface area (Å²) < 4.78 is 7.65. The lowest BCUT2D eigenvalue weighted by molar-refractivity contribution is -0.128. The van der Waals surface area contributed by atoms with Crippen LogP contribution in [0.4, 0.5) is 0 Å². The summed E-state index contributed by atoms with van der Waals surface area (Å²) >= 11 is 0. The molecule has 1 saturated carbocycles. The highest BCUT2D eigenvalue weighted by Gasteiger charge is 2.35. The molecule has 1 aliphatic carbocycles. The van der Waals surface area contributed by atoms with E-state index in [-0.39, 0.29) is 35.6 Å². The molecule has 3 atom stereocenters. The number of aryl methyl sites for hydroxylation is 1. The van der Waals surface area contributed by atoms with Crippen molar-refractivity contribution < 1.29 is 14.3 Å². The van der Waals surface area contributed by atoms with Gasteiger partial charge in [0.1, 0.15) is 12.7 Å². The SMILES string of the molecule is CCCO[C@H]1C[C@@H](C(=O)NCCn2cncn2)CC[C@@H]1NC(=O)c1n[nH]nc1C. The van der Waals surface area contributed by atoms with Gasteiger partial charge in [-0.2, -0.15) is 20.5 Å². The zero-order chi connectivity index (χ0) is 20.6. The molecular weight excluding hydrogens is 376 g/mol. The number of carbonyl (C=O) groups excluding carboxylic acids is 2. The van der Waals surface area contributed by atoms with Crippen LogP contribution >= 0.6 is 0 Å². The van der Waals surface area contributed by atoms with E-state index in [1.165, 1.54) is 6.33 Å². The average Bonchev–Trinajstić information content (AvgIpc) is 3.38. The predicted octanol–water partition coefficient (Wildman–Crippen LogP) is 0.215. The summed E-state index contributed by atoms with van der Waals surface area (Å²) in [6.45, 7) is 5.41. The second kappa shape index (κ2) is 10.1. The molecule has 11 heteroatoms. The molecule has 1 fully saturated rings. The first-order valence-electron chi connectivity index (χ1n) is 9.98. The lowest BCUT2D eigenvalue weighted by Gasteiger charge is -2.35. The highest BCUT2D eigenvalue weighted by atomic mass is 16.5. The zero-order valence-corrected chi connectivity index (χ0v) is 16.8. The van der Waals surface area contributed by atoms with Crippen LogP contribution in [-0.2, 0) is 16.1 Å². The van der Waals surface area contributed by atoms with Crippen molar-refractivity contribution in [3.05, 3.63) is 24.0 Å². The van der Waals surface area contributed by atoms with Gasteiger partial charge in [-0.1, -0.05) is 6.92 Å². The Hall–Kier alpha value is -2.82. The molecule has 0 spiro atoms. The summed E-state index contributed by atoms with van der Waals surface area (Å²) in [5.74, 6) is -0.413. The minimum Gasteiger partial charge on any atom is -0.376 e. The highest BCUT2D eigenvalue weighted by Crippen LogP contribution is 2.27. The molecule has 0 unspecified atom stereocenters. The van der Waals surface area contributed by atoms with Gasteiger partial charge in [0, 0.05) is 19.1 Å². The number of nitrogens with one attached hydrogen (secondary N) is 3. The Balaban J connectivity index is 1.53. The number of aromatic nitrogens is 6. The smallest absolute Gasteiger partial charge is 0.274 e. The van der Waals surface area contributed by atoms with Crippen molar-refractivity contribution >= 4 is 11.8 Å². The molecule has 2 aromatic heterocycles. The fourth-order valence-electron chi connectivity index (χ4n) is 3.51. The summed E-state index contributed by atoms with van der Waals surface area (Å²) in [5, 5.41) is 20.2. The zero-order valence-electron chi connectivity index (χ0n) is 16.8. The number of amides is 2. The van der Waals surface area contributed by atoms with Crippen molar-refractivity contribution in [3.8, 4) is 0 Å². The molecule has 2 heterocycles.